The quantitative estimate of drug-likeness (QED) is 0.877. The molecule has 2 aliphatic heterocycles. The predicted octanol–water partition coefficient (Wildman–Crippen LogP) is 1.69. The van der Waals surface area contributed by atoms with Gasteiger partial charge in [0.25, 0.3) is 11.5 Å². The number of amides is 2. The Morgan fingerprint density at radius 3 is 2.81 bits per heavy atom. The Bertz CT molecular complexity index is 1020. The maximum Gasteiger partial charge on any atom is 0.256 e. The molecule has 2 amide bonds. The summed E-state index contributed by atoms with van der Waals surface area (Å²) in [7, 11) is 0. The van der Waals surface area contributed by atoms with Crippen LogP contribution in [0.1, 0.15) is 48.0 Å². The second kappa shape index (κ2) is 6.04. The lowest BCUT2D eigenvalue weighted by molar-refractivity contribution is -0.119. The van der Waals surface area contributed by atoms with E-state index in [0.29, 0.717) is 48.6 Å². The van der Waals surface area contributed by atoms with Crippen molar-refractivity contribution >= 4 is 17.5 Å². The van der Waals surface area contributed by atoms with Crippen molar-refractivity contribution in [2.45, 2.75) is 45.7 Å². The molecule has 7 heteroatoms. The number of nitrogens with one attached hydrogen (secondary N) is 1. The fourth-order valence-electron chi connectivity index (χ4n) is 3.77. The van der Waals surface area contributed by atoms with Gasteiger partial charge in [-0.2, -0.15) is 0 Å². The Kier molecular flexibility index (Phi) is 3.91. The van der Waals surface area contributed by atoms with Crippen molar-refractivity contribution in [1.82, 2.24) is 14.5 Å². The van der Waals surface area contributed by atoms with E-state index in [1.165, 1.54) is 0 Å². The molecule has 2 aromatic rings. The Labute approximate surface area is 157 Å². The topological polar surface area (TPSA) is 84.3 Å². The summed E-state index contributed by atoms with van der Waals surface area (Å²) < 4.78 is 1.58. The van der Waals surface area contributed by atoms with Crippen LogP contribution in [0.4, 0.5) is 5.69 Å². The lowest BCUT2D eigenvalue weighted by Crippen LogP contribution is -2.40. The Hall–Kier alpha value is -2.96. The van der Waals surface area contributed by atoms with Crippen molar-refractivity contribution < 1.29 is 9.59 Å². The summed E-state index contributed by atoms with van der Waals surface area (Å²) in [5, 5.41) is 2.86. The largest absolute Gasteiger partial charge is 0.332 e. The second-order valence-corrected chi connectivity index (χ2v) is 7.58. The van der Waals surface area contributed by atoms with Gasteiger partial charge in [-0.15, -0.1) is 0 Å². The lowest BCUT2D eigenvalue weighted by Gasteiger charge is -2.28. The number of fused-ring (bicyclic) bond motifs is 2. The van der Waals surface area contributed by atoms with E-state index in [4.69, 9.17) is 0 Å². The minimum Gasteiger partial charge on any atom is -0.332 e. The zero-order chi connectivity index (χ0) is 19.3. The van der Waals surface area contributed by atoms with E-state index >= 15 is 0 Å². The van der Waals surface area contributed by atoms with Crippen molar-refractivity contribution in [2.75, 3.05) is 11.9 Å². The van der Waals surface area contributed by atoms with Crippen molar-refractivity contribution in [3.63, 3.8) is 0 Å². The van der Waals surface area contributed by atoms with Gasteiger partial charge in [0, 0.05) is 29.9 Å². The minimum atomic E-state index is -0.593. The van der Waals surface area contributed by atoms with Gasteiger partial charge < -0.3 is 10.2 Å². The van der Waals surface area contributed by atoms with Crippen LogP contribution in [0, 0.1) is 0 Å². The van der Waals surface area contributed by atoms with Gasteiger partial charge in [0.2, 0.25) is 5.91 Å². The summed E-state index contributed by atoms with van der Waals surface area (Å²) in [6.07, 6.45) is 2.05. The maximum atomic E-state index is 13.0. The highest BCUT2D eigenvalue weighted by Crippen LogP contribution is 2.37. The van der Waals surface area contributed by atoms with Crippen molar-refractivity contribution in [3.8, 4) is 0 Å². The number of aromatic nitrogens is 2. The summed E-state index contributed by atoms with van der Waals surface area (Å²) in [5.74, 6) is -0.186. The van der Waals surface area contributed by atoms with Crippen LogP contribution in [0.5, 0.6) is 0 Å². The van der Waals surface area contributed by atoms with E-state index in [1.807, 2.05) is 26.8 Å². The second-order valence-electron chi connectivity index (χ2n) is 7.58. The minimum absolute atomic E-state index is 0.0166. The summed E-state index contributed by atoms with van der Waals surface area (Å²) in [4.78, 5) is 43.5. The Morgan fingerprint density at radius 2 is 2.07 bits per heavy atom. The number of hydrogen-bond acceptors (Lipinski definition) is 4. The van der Waals surface area contributed by atoms with Crippen molar-refractivity contribution in [2.24, 2.45) is 0 Å². The van der Waals surface area contributed by atoms with Crippen LogP contribution < -0.4 is 10.9 Å². The Balaban J connectivity index is 1.60. The molecule has 27 heavy (non-hydrogen) atoms. The summed E-state index contributed by atoms with van der Waals surface area (Å²) in [5.41, 5.74) is 2.87. The van der Waals surface area contributed by atoms with Gasteiger partial charge in [0.15, 0.2) is 0 Å². The number of hydrogen-bond donors (Lipinski definition) is 1. The number of rotatable bonds is 2. The Morgan fingerprint density at radius 1 is 1.30 bits per heavy atom. The van der Waals surface area contributed by atoms with Gasteiger partial charge in [0.05, 0.1) is 24.0 Å². The van der Waals surface area contributed by atoms with Gasteiger partial charge in [-0.3, -0.25) is 19.0 Å². The number of carbonyl (C=O) groups excluding carboxylic acids is 2. The number of nitrogens with zero attached hydrogens (tertiary/aromatic N) is 3. The van der Waals surface area contributed by atoms with Gasteiger partial charge >= 0.3 is 0 Å². The molecule has 0 radical (unpaired) electrons. The predicted molar refractivity (Wildman–Crippen MR) is 101 cm³/mol. The molecule has 3 heterocycles. The van der Waals surface area contributed by atoms with Crippen LogP contribution in [-0.2, 0) is 29.7 Å². The molecule has 1 aromatic carbocycles. The number of carbonyl (C=O) groups is 2. The van der Waals surface area contributed by atoms with E-state index in [1.54, 1.807) is 27.9 Å². The van der Waals surface area contributed by atoms with Gasteiger partial charge in [0.1, 0.15) is 0 Å². The highest BCUT2D eigenvalue weighted by atomic mass is 16.2. The molecule has 4 rings (SSSR count). The van der Waals surface area contributed by atoms with E-state index in [9.17, 15) is 14.4 Å². The highest BCUT2D eigenvalue weighted by Gasteiger charge is 2.38. The third-order valence-corrected chi connectivity index (χ3v) is 5.58. The van der Waals surface area contributed by atoms with Gasteiger partial charge in [-0.1, -0.05) is 6.07 Å². The summed E-state index contributed by atoms with van der Waals surface area (Å²) >= 11 is 0. The average molecular weight is 366 g/mol. The number of aryl methyl sites for hydroxylation is 1. The molecule has 0 saturated heterocycles. The van der Waals surface area contributed by atoms with E-state index in [0.717, 1.165) is 5.56 Å². The zero-order valence-electron chi connectivity index (χ0n) is 15.7. The fraction of sp³-hybridized carbons (Fsp3) is 0.400. The van der Waals surface area contributed by atoms with Crippen molar-refractivity contribution in [1.29, 1.82) is 0 Å². The van der Waals surface area contributed by atoms with Crippen LogP contribution in [0.25, 0.3) is 0 Å². The normalized spacial score (nSPS) is 17.3. The fourth-order valence-corrected chi connectivity index (χ4v) is 3.77. The molecule has 0 spiro atoms. The molecule has 2 aliphatic rings. The van der Waals surface area contributed by atoms with E-state index in [2.05, 4.69) is 10.3 Å². The molecule has 1 aromatic heterocycles. The van der Waals surface area contributed by atoms with E-state index < -0.39 is 5.41 Å². The summed E-state index contributed by atoms with van der Waals surface area (Å²) in [6.45, 7) is 7.02. The standard InChI is InChI=1S/C20H22N4O3/c1-4-23-11-21-16-10-24(8-7-13(16)18(23)26)17(25)12-5-6-14-15(9-12)22-19(27)20(14,2)3/h5-6,9,11H,4,7-8,10H2,1-3H3,(H,22,27). The van der Waals surface area contributed by atoms with Gasteiger partial charge in [-0.05, 0) is 44.9 Å². The third-order valence-electron chi connectivity index (χ3n) is 5.58. The number of anilines is 1. The van der Waals surface area contributed by atoms with Crippen LogP contribution >= 0.6 is 0 Å². The monoisotopic (exact) mass is 366 g/mol. The first-order valence-electron chi connectivity index (χ1n) is 9.15. The van der Waals surface area contributed by atoms with Crippen LogP contribution in [0.3, 0.4) is 0 Å². The molecular weight excluding hydrogens is 344 g/mol. The van der Waals surface area contributed by atoms with Crippen LogP contribution in [0.15, 0.2) is 29.3 Å². The molecule has 0 atom stereocenters. The number of benzene rings is 1. The molecule has 0 fully saturated rings. The molecule has 7 nitrogen and oxygen atoms in total. The molecule has 0 unspecified atom stereocenters. The molecule has 1 N–H and O–H groups in total. The van der Waals surface area contributed by atoms with E-state index in [-0.39, 0.29) is 17.4 Å². The van der Waals surface area contributed by atoms with Crippen LogP contribution in [-0.4, -0.2) is 32.8 Å². The third kappa shape index (κ3) is 2.65. The molecule has 0 aliphatic carbocycles. The summed E-state index contributed by atoms with van der Waals surface area (Å²) in [6, 6.07) is 5.35. The SMILES string of the molecule is CCn1cnc2c(c1=O)CCN(C(=O)c1ccc3c(c1)NC(=O)C3(C)C)C2. The zero-order valence-corrected chi connectivity index (χ0v) is 15.7. The molecule has 0 bridgehead atoms. The van der Waals surface area contributed by atoms with Crippen LogP contribution in [0.2, 0.25) is 0 Å². The molecular formula is C20H22N4O3. The highest BCUT2D eigenvalue weighted by molar-refractivity contribution is 6.07. The first-order valence-corrected chi connectivity index (χ1v) is 9.15. The average Bonchev–Trinajstić information content (AvgIpc) is 2.89. The first-order chi connectivity index (χ1) is 12.8. The smallest absolute Gasteiger partial charge is 0.256 e. The van der Waals surface area contributed by atoms with Crippen molar-refractivity contribution in [3.05, 3.63) is 57.3 Å². The lowest BCUT2D eigenvalue weighted by atomic mass is 9.86. The maximum absolute atomic E-state index is 13.0. The molecule has 140 valence electrons. The first kappa shape index (κ1) is 17.5. The molecule has 0 saturated carbocycles. The van der Waals surface area contributed by atoms with Gasteiger partial charge in [-0.25, -0.2) is 4.98 Å².